The first kappa shape index (κ1) is 21.1. The minimum absolute atomic E-state index is 0.193. The van der Waals surface area contributed by atoms with E-state index in [4.69, 9.17) is 4.74 Å². The highest BCUT2D eigenvalue weighted by Crippen LogP contribution is 2.28. The van der Waals surface area contributed by atoms with Crippen molar-refractivity contribution >= 4 is 18.0 Å². The maximum absolute atomic E-state index is 12.6. The van der Waals surface area contributed by atoms with E-state index in [-0.39, 0.29) is 5.82 Å². The Labute approximate surface area is 171 Å². The second-order valence-corrected chi connectivity index (χ2v) is 6.50. The lowest BCUT2D eigenvalue weighted by molar-refractivity contribution is -0.137. The SMILES string of the molecule is COC(=O)c1cccc(-n2c(C)cc(/C=N\Nc3ccc(C(F)(F)F)cn3)c2C)c1. The number of alkyl halides is 3. The van der Waals surface area contributed by atoms with E-state index in [2.05, 4.69) is 15.5 Å². The van der Waals surface area contributed by atoms with Crippen molar-refractivity contribution in [3.63, 3.8) is 0 Å². The molecule has 30 heavy (non-hydrogen) atoms. The zero-order chi connectivity index (χ0) is 21.9. The number of halogens is 3. The predicted octanol–water partition coefficient (Wildman–Crippen LogP) is 4.74. The van der Waals surface area contributed by atoms with E-state index in [1.807, 2.05) is 30.5 Å². The Morgan fingerprint density at radius 2 is 1.97 bits per heavy atom. The molecule has 0 saturated heterocycles. The van der Waals surface area contributed by atoms with Crippen LogP contribution < -0.4 is 5.43 Å². The molecular weight excluding hydrogens is 397 g/mol. The Hall–Kier alpha value is -3.62. The summed E-state index contributed by atoms with van der Waals surface area (Å²) in [4.78, 5) is 15.5. The fraction of sp³-hybridized carbons (Fsp3) is 0.190. The number of rotatable bonds is 5. The first-order chi connectivity index (χ1) is 14.2. The Kier molecular flexibility index (Phi) is 5.91. The summed E-state index contributed by atoms with van der Waals surface area (Å²) >= 11 is 0. The summed E-state index contributed by atoms with van der Waals surface area (Å²) in [7, 11) is 1.33. The van der Waals surface area contributed by atoms with E-state index in [9.17, 15) is 18.0 Å². The number of hydrogen-bond donors (Lipinski definition) is 1. The average molecular weight is 416 g/mol. The summed E-state index contributed by atoms with van der Waals surface area (Å²) in [6, 6.07) is 11.1. The number of pyridine rings is 1. The van der Waals surface area contributed by atoms with Crippen LogP contribution in [0.4, 0.5) is 19.0 Å². The Morgan fingerprint density at radius 3 is 2.60 bits per heavy atom. The number of anilines is 1. The van der Waals surface area contributed by atoms with Crippen molar-refractivity contribution < 1.29 is 22.7 Å². The number of esters is 1. The lowest BCUT2D eigenvalue weighted by atomic mass is 10.2. The lowest BCUT2D eigenvalue weighted by Crippen LogP contribution is -2.06. The van der Waals surface area contributed by atoms with Crippen LogP contribution in [0.5, 0.6) is 0 Å². The maximum atomic E-state index is 12.6. The van der Waals surface area contributed by atoms with Crippen LogP contribution in [0.1, 0.15) is 32.9 Å². The number of aryl methyl sites for hydroxylation is 1. The number of aromatic nitrogens is 2. The molecule has 0 aliphatic heterocycles. The second kappa shape index (κ2) is 8.40. The standard InChI is InChI=1S/C21H19F3N4O2/c1-13-9-16(11-26-27-19-8-7-17(12-25-19)21(22,23)24)14(2)28(13)18-6-4-5-15(10-18)20(29)30-3/h4-12H,1-3H3,(H,25,27)/b26-11-. The van der Waals surface area contributed by atoms with E-state index in [1.54, 1.807) is 24.4 Å². The third kappa shape index (κ3) is 4.51. The molecule has 0 amide bonds. The number of carbonyl (C=O) groups excluding carboxylic acids is 1. The molecule has 2 aromatic heterocycles. The Balaban J connectivity index is 1.80. The smallest absolute Gasteiger partial charge is 0.417 e. The number of carbonyl (C=O) groups is 1. The van der Waals surface area contributed by atoms with E-state index in [0.717, 1.165) is 34.9 Å². The minimum Gasteiger partial charge on any atom is -0.465 e. The molecule has 1 aromatic carbocycles. The zero-order valence-corrected chi connectivity index (χ0v) is 16.5. The van der Waals surface area contributed by atoms with Gasteiger partial charge in [-0.05, 0) is 50.2 Å². The van der Waals surface area contributed by atoms with Gasteiger partial charge in [0, 0.05) is 28.8 Å². The number of hydrazone groups is 1. The van der Waals surface area contributed by atoms with Gasteiger partial charge < -0.3 is 9.30 Å². The van der Waals surface area contributed by atoms with Crippen molar-refractivity contribution in [1.29, 1.82) is 0 Å². The normalized spacial score (nSPS) is 11.7. The second-order valence-electron chi connectivity index (χ2n) is 6.50. The molecule has 3 aromatic rings. The van der Waals surface area contributed by atoms with Crippen molar-refractivity contribution in [3.8, 4) is 5.69 Å². The van der Waals surface area contributed by atoms with Gasteiger partial charge in [-0.2, -0.15) is 18.3 Å². The molecule has 1 N–H and O–H groups in total. The molecule has 2 heterocycles. The Morgan fingerprint density at radius 1 is 1.20 bits per heavy atom. The van der Waals surface area contributed by atoms with Gasteiger partial charge in [-0.25, -0.2) is 9.78 Å². The summed E-state index contributed by atoms with van der Waals surface area (Å²) in [5.74, 6) is -0.229. The topological polar surface area (TPSA) is 68.5 Å². The fourth-order valence-corrected chi connectivity index (χ4v) is 3.00. The summed E-state index contributed by atoms with van der Waals surface area (Å²) in [5.41, 5.74) is 5.63. The van der Waals surface area contributed by atoms with Crippen LogP contribution in [0, 0.1) is 13.8 Å². The predicted molar refractivity (Wildman–Crippen MR) is 107 cm³/mol. The highest BCUT2D eigenvalue weighted by Gasteiger charge is 2.30. The van der Waals surface area contributed by atoms with E-state index >= 15 is 0 Å². The maximum Gasteiger partial charge on any atom is 0.417 e. The number of hydrogen-bond acceptors (Lipinski definition) is 5. The number of nitrogens with zero attached hydrogens (tertiary/aromatic N) is 3. The number of methoxy groups -OCH3 is 1. The zero-order valence-electron chi connectivity index (χ0n) is 16.5. The number of ether oxygens (including phenoxy) is 1. The van der Waals surface area contributed by atoms with Crippen molar-refractivity contribution in [1.82, 2.24) is 9.55 Å². The van der Waals surface area contributed by atoms with Crippen molar-refractivity contribution in [2.24, 2.45) is 5.10 Å². The molecule has 0 atom stereocenters. The monoisotopic (exact) mass is 416 g/mol. The quantitative estimate of drug-likeness (QED) is 0.371. The molecule has 0 aliphatic rings. The van der Waals surface area contributed by atoms with Gasteiger partial charge in [-0.1, -0.05) is 6.07 Å². The van der Waals surface area contributed by atoms with Gasteiger partial charge in [0.25, 0.3) is 0 Å². The molecule has 0 fully saturated rings. The third-order valence-electron chi connectivity index (χ3n) is 4.47. The molecule has 0 spiro atoms. The number of benzene rings is 1. The Bertz CT molecular complexity index is 1090. The first-order valence-electron chi connectivity index (χ1n) is 8.90. The minimum atomic E-state index is -4.43. The lowest BCUT2D eigenvalue weighted by Gasteiger charge is -2.11. The number of nitrogens with one attached hydrogen (secondary N) is 1. The van der Waals surface area contributed by atoms with Crippen LogP contribution in [-0.4, -0.2) is 28.8 Å². The van der Waals surface area contributed by atoms with E-state index in [0.29, 0.717) is 5.56 Å². The van der Waals surface area contributed by atoms with Crippen LogP contribution in [0.3, 0.4) is 0 Å². The largest absolute Gasteiger partial charge is 0.465 e. The molecule has 0 unspecified atom stereocenters. The highest BCUT2D eigenvalue weighted by molar-refractivity contribution is 5.90. The highest BCUT2D eigenvalue weighted by atomic mass is 19.4. The van der Waals surface area contributed by atoms with Crippen LogP contribution in [0.15, 0.2) is 53.8 Å². The summed E-state index contributed by atoms with van der Waals surface area (Å²) in [6.45, 7) is 3.82. The summed E-state index contributed by atoms with van der Waals surface area (Å²) < 4.78 is 44.5. The van der Waals surface area contributed by atoms with Crippen molar-refractivity contribution in [2.75, 3.05) is 12.5 Å². The van der Waals surface area contributed by atoms with Crippen LogP contribution in [0.25, 0.3) is 5.69 Å². The van der Waals surface area contributed by atoms with Crippen molar-refractivity contribution in [3.05, 3.63) is 76.7 Å². The average Bonchev–Trinajstić information content (AvgIpc) is 3.00. The van der Waals surface area contributed by atoms with E-state index in [1.165, 1.54) is 13.2 Å². The molecule has 0 saturated carbocycles. The molecule has 9 heteroatoms. The van der Waals surface area contributed by atoms with Gasteiger partial charge in [-0.15, -0.1) is 0 Å². The fourth-order valence-electron chi connectivity index (χ4n) is 3.00. The molecule has 0 bridgehead atoms. The molecular formula is C21H19F3N4O2. The first-order valence-corrected chi connectivity index (χ1v) is 8.90. The summed E-state index contributed by atoms with van der Waals surface area (Å²) in [5, 5.41) is 4.07. The molecule has 3 rings (SSSR count). The molecule has 156 valence electrons. The van der Waals surface area contributed by atoms with E-state index < -0.39 is 17.7 Å². The van der Waals surface area contributed by atoms with Crippen LogP contribution >= 0.6 is 0 Å². The van der Waals surface area contributed by atoms with Crippen molar-refractivity contribution in [2.45, 2.75) is 20.0 Å². The summed E-state index contributed by atoms with van der Waals surface area (Å²) in [6.07, 6.45) is -2.13. The van der Waals surface area contributed by atoms with Gasteiger partial charge in [0.1, 0.15) is 5.82 Å². The van der Waals surface area contributed by atoms with Gasteiger partial charge >= 0.3 is 12.1 Å². The van der Waals surface area contributed by atoms with Crippen LogP contribution in [-0.2, 0) is 10.9 Å². The van der Waals surface area contributed by atoms with Gasteiger partial charge in [0.05, 0.1) is 24.5 Å². The molecule has 0 aliphatic carbocycles. The molecule has 0 radical (unpaired) electrons. The third-order valence-corrected chi connectivity index (χ3v) is 4.47. The molecule has 6 nitrogen and oxygen atoms in total. The van der Waals surface area contributed by atoms with Gasteiger partial charge in [0.15, 0.2) is 0 Å². The van der Waals surface area contributed by atoms with Gasteiger partial charge in [-0.3, -0.25) is 5.43 Å². The van der Waals surface area contributed by atoms with Gasteiger partial charge in [0.2, 0.25) is 0 Å². The van der Waals surface area contributed by atoms with Crippen LogP contribution in [0.2, 0.25) is 0 Å².